The lowest BCUT2D eigenvalue weighted by Crippen LogP contribution is -2.36. The van der Waals surface area contributed by atoms with Gasteiger partial charge in [-0.2, -0.15) is 5.10 Å². The third-order valence-corrected chi connectivity index (χ3v) is 5.17. The Morgan fingerprint density at radius 1 is 1.03 bits per heavy atom. The van der Waals surface area contributed by atoms with E-state index in [4.69, 9.17) is 9.47 Å². The van der Waals surface area contributed by atoms with Crippen LogP contribution in [0.1, 0.15) is 33.3 Å². The molecule has 1 fully saturated rings. The number of esters is 1. The van der Waals surface area contributed by atoms with Crippen molar-refractivity contribution in [1.29, 1.82) is 0 Å². The molecule has 7 nitrogen and oxygen atoms in total. The Bertz CT molecular complexity index is 1100. The number of morpholine rings is 1. The van der Waals surface area contributed by atoms with Crippen LogP contribution in [0.2, 0.25) is 0 Å². The molecular weight excluding hydrogens is 406 g/mol. The first-order valence-electron chi connectivity index (χ1n) is 10.6. The van der Waals surface area contributed by atoms with E-state index in [1.54, 1.807) is 23.9 Å². The molecule has 1 aromatic heterocycles. The lowest BCUT2D eigenvalue weighted by molar-refractivity contribution is 0.0518. The molecule has 0 saturated carbocycles. The molecule has 1 saturated heterocycles. The number of nitrogens with zero attached hydrogens (tertiary/aromatic N) is 3. The number of para-hydroxylation sites is 1. The van der Waals surface area contributed by atoms with E-state index in [1.165, 1.54) is 6.08 Å². The first-order valence-corrected chi connectivity index (χ1v) is 10.6. The summed E-state index contributed by atoms with van der Waals surface area (Å²) in [6, 6.07) is 17.0. The normalized spacial score (nSPS) is 14.0. The Balaban J connectivity index is 1.54. The molecule has 0 N–H and O–H groups in total. The first kappa shape index (κ1) is 21.5. The minimum atomic E-state index is -0.524. The van der Waals surface area contributed by atoms with Gasteiger partial charge in [0.25, 0.3) is 0 Å². The third-order valence-electron chi connectivity index (χ3n) is 5.17. The standard InChI is InChI=1S/C25H25N3O4/c1-2-32-25(30)24-20(18-28(26-24)22-6-4-3-5-7-22)10-13-23(29)19-8-11-21(12-9-19)27-14-16-31-17-15-27/h3-13,18H,2,14-17H2,1H3/b13-10+. The van der Waals surface area contributed by atoms with Gasteiger partial charge >= 0.3 is 5.97 Å². The molecule has 0 spiro atoms. The van der Waals surface area contributed by atoms with Crippen molar-refractivity contribution in [2.45, 2.75) is 6.92 Å². The number of aromatic nitrogens is 2. The number of rotatable bonds is 7. The number of carbonyl (C=O) groups is 2. The van der Waals surface area contributed by atoms with Crippen molar-refractivity contribution in [2.24, 2.45) is 0 Å². The fraction of sp³-hybridized carbons (Fsp3) is 0.240. The van der Waals surface area contributed by atoms with Gasteiger partial charge < -0.3 is 14.4 Å². The molecule has 164 valence electrons. The monoisotopic (exact) mass is 431 g/mol. The Kier molecular flexibility index (Phi) is 6.77. The van der Waals surface area contributed by atoms with Gasteiger partial charge in [0.15, 0.2) is 11.5 Å². The average molecular weight is 431 g/mol. The number of benzene rings is 2. The number of ether oxygens (including phenoxy) is 2. The van der Waals surface area contributed by atoms with Crippen LogP contribution in [0.5, 0.6) is 0 Å². The van der Waals surface area contributed by atoms with Crippen molar-refractivity contribution >= 4 is 23.5 Å². The third kappa shape index (κ3) is 4.95. The quantitative estimate of drug-likeness (QED) is 0.322. The topological polar surface area (TPSA) is 73.7 Å². The van der Waals surface area contributed by atoms with Gasteiger partial charge in [0.2, 0.25) is 0 Å². The molecule has 0 unspecified atom stereocenters. The van der Waals surface area contributed by atoms with E-state index in [1.807, 2.05) is 54.6 Å². The van der Waals surface area contributed by atoms with E-state index >= 15 is 0 Å². The van der Waals surface area contributed by atoms with Gasteiger partial charge in [0.05, 0.1) is 25.5 Å². The average Bonchev–Trinajstić information content (AvgIpc) is 3.28. The molecule has 0 atom stereocenters. The number of hydrogen-bond acceptors (Lipinski definition) is 6. The van der Waals surface area contributed by atoms with Gasteiger partial charge in [-0.05, 0) is 55.5 Å². The summed E-state index contributed by atoms with van der Waals surface area (Å²) < 4.78 is 12.1. The second kappa shape index (κ2) is 10.1. The van der Waals surface area contributed by atoms with Crippen molar-refractivity contribution < 1.29 is 19.1 Å². The van der Waals surface area contributed by atoms with Crippen LogP contribution in [0, 0.1) is 0 Å². The molecule has 0 radical (unpaired) electrons. The molecule has 2 heterocycles. The number of carbonyl (C=O) groups excluding carboxylic acids is 2. The highest BCUT2D eigenvalue weighted by molar-refractivity contribution is 6.07. The smallest absolute Gasteiger partial charge is 0.359 e. The predicted molar refractivity (Wildman–Crippen MR) is 122 cm³/mol. The highest BCUT2D eigenvalue weighted by Gasteiger charge is 2.17. The predicted octanol–water partition coefficient (Wildman–Crippen LogP) is 3.78. The lowest BCUT2D eigenvalue weighted by atomic mass is 10.1. The highest BCUT2D eigenvalue weighted by atomic mass is 16.5. The van der Waals surface area contributed by atoms with Crippen LogP contribution in [-0.2, 0) is 9.47 Å². The second-order valence-corrected chi connectivity index (χ2v) is 7.28. The van der Waals surface area contributed by atoms with Gasteiger partial charge in [-0.3, -0.25) is 4.79 Å². The molecule has 2 aromatic carbocycles. The van der Waals surface area contributed by atoms with E-state index in [0.29, 0.717) is 24.3 Å². The van der Waals surface area contributed by atoms with Crippen LogP contribution in [0.4, 0.5) is 5.69 Å². The van der Waals surface area contributed by atoms with Gasteiger partial charge in [-0.1, -0.05) is 18.2 Å². The number of anilines is 1. The molecule has 0 amide bonds. The molecule has 1 aliphatic rings. The molecule has 0 aliphatic carbocycles. The van der Waals surface area contributed by atoms with Gasteiger partial charge in [-0.25, -0.2) is 9.48 Å². The zero-order valence-corrected chi connectivity index (χ0v) is 17.9. The minimum absolute atomic E-state index is 0.152. The van der Waals surface area contributed by atoms with Crippen molar-refractivity contribution in [3.05, 3.63) is 83.7 Å². The SMILES string of the molecule is CCOC(=O)c1nn(-c2ccccc2)cc1/C=C/C(=O)c1ccc(N2CCOCC2)cc1. The number of allylic oxidation sites excluding steroid dienone is 1. The van der Waals surface area contributed by atoms with Crippen molar-refractivity contribution in [1.82, 2.24) is 9.78 Å². The number of ketones is 1. The summed E-state index contributed by atoms with van der Waals surface area (Å²) in [6.07, 6.45) is 4.78. The van der Waals surface area contributed by atoms with Crippen molar-refractivity contribution in [2.75, 3.05) is 37.8 Å². The van der Waals surface area contributed by atoms with Crippen molar-refractivity contribution in [3.8, 4) is 5.69 Å². The van der Waals surface area contributed by atoms with E-state index in [0.717, 1.165) is 24.5 Å². The van der Waals surface area contributed by atoms with E-state index in [9.17, 15) is 9.59 Å². The fourth-order valence-corrected chi connectivity index (χ4v) is 3.50. The lowest BCUT2D eigenvalue weighted by Gasteiger charge is -2.28. The maximum Gasteiger partial charge on any atom is 0.359 e. The zero-order valence-electron chi connectivity index (χ0n) is 17.9. The largest absolute Gasteiger partial charge is 0.461 e. The highest BCUT2D eigenvalue weighted by Crippen LogP contribution is 2.19. The molecule has 7 heteroatoms. The summed E-state index contributed by atoms with van der Waals surface area (Å²) in [4.78, 5) is 27.3. The Hall–Kier alpha value is -3.71. The zero-order chi connectivity index (χ0) is 22.3. The molecule has 0 bridgehead atoms. The van der Waals surface area contributed by atoms with Crippen molar-refractivity contribution in [3.63, 3.8) is 0 Å². The van der Waals surface area contributed by atoms with Crippen LogP contribution < -0.4 is 4.90 Å². The number of hydrogen-bond donors (Lipinski definition) is 0. The Morgan fingerprint density at radius 2 is 1.75 bits per heavy atom. The molecule has 3 aromatic rings. The minimum Gasteiger partial charge on any atom is -0.461 e. The van der Waals surface area contributed by atoms with Crippen LogP contribution in [0.25, 0.3) is 11.8 Å². The van der Waals surface area contributed by atoms with Crippen LogP contribution in [-0.4, -0.2) is 54.4 Å². The van der Waals surface area contributed by atoms with Gasteiger partial charge in [0, 0.05) is 36.1 Å². The summed E-state index contributed by atoms with van der Waals surface area (Å²) in [5.74, 6) is -0.676. The molecular formula is C25H25N3O4. The van der Waals surface area contributed by atoms with Gasteiger partial charge in [-0.15, -0.1) is 0 Å². The van der Waals surface area contributed by atoms with E-state index in [2.05, 4.69) is 10.00 Å². The van der Waals surface area contributed by atoms with E-state index < -0.39 is 5.97 Å². The summed E-state index contributed by atoms with van der Waals surface area (Å²) in [7, 11) is 0. The van der Waals surface area contributed by atoms with Crippen LogP contribution in [0.3, 0.4) is 0 Å². The molecule has 32 heavy (non-hydrogen) atoms. The Morgan fingerprint density at radius 3 is 2.44 bits per heavy atom. The molecule has 1 aliphatic heterocycles. The van der Waals surface area contributed by atoms with Gasteiger partial charge in [0.1, 0.15) is 0 Å². The van der Waals surface area contributed by atoms with Crippen LogP contribution >= 0.6 is 0 Å². The summed E-state index contributed by atoms with van der Waals surface area (Å²) in [5.41, 5.74) is 3.14. The Labute approximate surface area is 186 Å². The second-order valence-electron chi connectivity index (χ2n) is 7.28. The maximum absolute atomic E-state index is 12.7. The first-order chi connectivity index (χ1) is 15.7. The summed E-state index contributed by atoms with van der Waals surface area (Å²) in [6.45, 7) is 5.09. The van der Waals surface area contributed by atoms with Crippen LogP contribution in [0.15, 0.2) is 66.9 Å². The fourth-order valence-electron chi connectivity index (χ4n) is 3.50. The summed E-state index contributed by atoms with van der Waals surface area (Å²) in [5, 5.41) is 4.38. The van der Waals surface area contributed by atoms with E-state index in [-0.39, 0.29) is 18.1 Å². The summed E-state index contributed by atoms with van der Waals surface area (Å²) >= 11 is 0. The maximum atomic E-state index is 12.7. The molecule has 4 rings (SSSR count).